The maximum absolute atomic E-state index is 5.97. The van der Waals surface area contributed by atoms with Crippen LogP contribution in [0.2, 0.25) is 10.0 Å². The van der Waals surface area contributed by atoms with E-state index in [1.54, 1.807) is 0 Å². The number of nitrogens with one attached hydrogen (secondary N) is 1. The van der Waals surface area contributed by atoms with Gasteiger partial charge in [-0.3, -0.25) is 0 Å². The van der Waals surface area contributed by atoms with Crippen LogP contribution >= 0.6 is 23.2 Å². The molecule has 90 valence electrons. The van der Waals surface area contributed by atoms with Crippen molar-refractivity contribution in [3.8, 4) is 0 Å². The van der Waals surface area contributed by atoms with Gasteiger partial charge in [-0.2, -0.15) is 0 Å². The van der Waals surface area contributed by atoms with Crippen LogP contribution in [0.3, 0.4) is 0 Å². The SMILES string of the molecule is CC(NC(C)C(C)N)c1ccc(Cl)c(Cl)c1. The fraction of sp³-hybridized carbons (Fsp3) is 0.500. The highest BCUT2D eigenvalue weighted by Gasteiger charge is 2.13. The van der Waals surface area contributed by atoms with Crippen LogP contribution in [0.1, 0.15) is 32.4 Å². The molecule has 1 rings (SSSR count). The lowest BCUT2D eigenvalue weighted by molar-refractivity contribution is 0.430. The van der Waals surface area contributed by atoms with Crippen molar-refractivity contribution in [2.45, 2.75) is 38.9 Å². The first kappa shape index (κ1) is 13.8. The fourth-order valence-electron chi connectivity index (χ4n) is 1.42. The van der Waals surface area contributed by atoms with Crippen LogP contribution in [0.15, 0.2) is 18.2 Å². The number of rotatable bonds is 4. The minimum atomic E-state index is 0.116. The number of hydrogen-bond donors (Lipinski definition) is 2. The van der Waals surface area contributed by atoms with Crippen LogP contribution in [0.5, 0.6) is 0 Å². The van der Waals surface area contributed by atoms with Gasteiger partial charge in [0.15, 0.2) is 0 Å². The highest BCUT2D eigenvalue weighted by molar-refractivity contribution is 6.42. The summed E-state index contributed by atoms with van der Waals surface area (Å²) in [6.07, 6.45) is 0. The minimum Gasteiger partial charge on any atom is -0.327 e. The lowest BCUT2D eigenvalue weighted by atomic mass is 10.1. The maximum Gasteiger partial charge on any atom is 0.0595 e. The number of hydrogen-bond acceptors (Lipinski definition) is 2. The van der Waals surface area contributed by atoms with E-state index in [-0.39, 0.29) is 18.1 Å². The largest absolute Gasteiger partial charge is 0.327 e. The van der Waals surface area contributed by atoms with Gasteiger partial charge in [0.2, 0.25) is 0 Å². The molecule has 0 spiro atoms. The average molecular weight is 261 g/mol. The van der Waals surface area contributed by atoms with E-state index in [4.69, 9.17) is 28.9 Å². The Labute approximate surface area is 107 Å². The van der Waals surface area contributed by atoms with Crippen molar-refractivity contribution in [3.63, 3.8) is 0 Å². The zero-order valence-electron chi connectivity index (χ0n) is 9.80. The van der Waals surface area contributed by atoms with Crippen molar-refractivity contribution in [2.75, 3.05) is 0 Å². The Bertz CT molecular complexity index is 353. The summed E-state index contributed by atoms with van der Waals surface area (Å²) in [7, 11) is 0. The predicted molar refractivity (Wildman–Crippen MR) is 71.1 cm³/mol. The van der Waals surface area contributed by atoms with Gasteiger partial charge in [0.05, 0.1) is 10.0 Å². The number of benzene rings is 1. The zero-order chi connectivity index (χ0) is 12.3. The topological polar surface area (TPSA) is 38.0 Å². The van der Waals surface area contributed by atoms with E-state index in [1.807, 2.05) is 25.1 Å². The highest BCUT2D eigenvalue weighted by Crippen LogP contribution is 2.25. The maximum atomic E-state index is 5.97. The molecule has 16 heavy (non-hydrogen) atoms. The average Bonchev–Trinajstić information content (AvgIpc) is 2.21. The zero-order valence-corrected chi connectivity index (χ0v) is 11.3. The summed E-state index contributed by atoms with van der Waals surface area (Å²) in [6, 6.07) is 6.24. The Balaban J connectivity index is 2.73. The van der Waals surface area contributed by atoms with E-state index >= 15 is 0 Å². The van der Waals surface area contributed by atoms with Crippen molar-refractivity contribution < 1.29 is 0 Å². The van der Waals surface area contributed by atoms with Crippen LogP contribution in [-0.4, -0.2) is 12.1 Å². The molecule has 0 fully saturated rings. The van der Waals surface area contributed by atoms with Gasteiger partial charge in [-0.15, -0.1) is 0 Å². The summed E-state index contributed by atoms with van der Waals surface area (Å²) in [4.78, 5) is 0. The van der Waals surface area contributed by atoms with Crippen molar-refractivity contribution in [2.24, 2.45) is 5.73 Å². The van der Waals surface area contributed by atoms with E-state index in [2.05, 4.69) is 19.2 Å². The standard InChI is InChI=1S/C12H18Cl2N2/c1-7(15)8(2)16-9(3)10-4-5-11(13)12(14)6-10/h4-9,16H,15H2,1-3H3. The van der Waals surface area contributed by atoms with E-state index in [9.17, 15) is 0 Å². The van der Waals surface area contributed by atoms with Crippen LogP contribution in [0, 0.1) is 0 Å². The molecule has 1 aromatic carbocycles. The highest BCUT2D eigenvalue weighted by atomic mass is 35.5. The van der Waals surface area contributed by atoms with Crippen LogP contribution in [0.25, 0.3) is 0 Å². The van der Waals surface area contributed by atoms with Crippen molar-refractivity contribution >= 4 is 23.2 Å². The predicted octanol–water partition coefficient (Wildman–Crippen LogP) is 3.38. The summed E-state index contributed by atoms with van der Waals surface area (Å²) < 4.78 is 0. The van der Waals surface area contributed by atoms with E-state index < -0.39 is 0 Å². The number of halogens is 2. The van der Waals surface area contributed by atoms with Gasteiger partial charge in [0.25, 0.3) is 0 Å². The molecule has 0 amide bonds. The van der Waals surface area contributed by atoms with Gasteiger partial charge < -0.3 is 11.1 Å². The molecule has 2 nitrogen and oxygen atoms in total. The van der Waals surface area contributed by atoms with Crippen LogP contribution in [0.4, 0.5) is 0 Å². The van der Waals surface area contributed by atoms with Gasteiger partial charge in [0.1, 0.15) is 0 Å². The molecule has 0 heterocycles. The molecule has 3 N–H and O–H groups in total. The molecule has 4 heteroatoms. The summed E-state index contributed by atoms with van der Waals surface area (Å²) >= 11 is 11.8. The second-order valence-corrected chi connectivity index (χ2v) is 5.02. The van der Waals surface area contributed by atoms with E-state index in [0.717, 1.165) is 5.56 Å². The van der Waals surface area contributed by atoms with Crippen LogP contribution in [-0.2, 0) is 0 Å². The summed E-state index contributed by atoms with van der Waals surface area (Å²) in [5, 5.41) is 4.58. The molecule has 1 aromatic rings. The fourth-order valence-corrected chi connectivity index (χ4v) is 1.73. The molecule has 3 atom stereocenters. The molecule has 0 aliphatic carbocycles. The molecule has 0 aliphatic heterocycles. The Hall–Kier alpha value is -0.280. The Morgan fingerprint density at radius 1 is 1.12 bits per heavy atom. The molecular formula is C12H18Cl2N2. The Kier molecular flexibility index (Phi) is 5.06. The van der Waals surface area contributed by atoms with Gasteiger partial charge in [0, 0.05) is 18.1 Å². The van der Waals surface area contributed by atoms with E-state index in [0.29, 0.717) is 10.0 Å². The monoisotopic (exact) mass is 260 g/mol. The molecule has 0 aromatic heterocycles. The Morgan fingerprint density at radius 3 is 2.25 bits per heavy atom. The van der Waals surface area contributed by atoms with E-state index in [1.165, 1.54) is 0 Å². The lowest BCUT2D eigenvalue weighted by Gasteiger charge is -2.23. The normalized spacial score (nSPS) is 16.9. The third-order valence-corrected chi connectivity index (χ3v) is 3.48. The quantitative estimate of drug-likeness (QED) is 0.871. The Morgan fingerprint density at radius 2 is 1.75 bits per heavy atom. The first-order valence-corrected chi connectivity index (χ1v) is 6.14. The van der Waals surface area contributed by atoms with Gasteiger partial charge in [-0.25, -0.2) is 0 Å². The van der Waals surface area contributed by atoms with Crippen molar-refractivity contribution in [1.29, 1.82) is 0 Å². The van der Waals surface area contributed by atoms with Crippen molar-refractivity contribution in [1.82, 2.24) is 5.32 Å². The van der Waals surface area contributed by atoms with Gasteiger partial charge >= 0.3 is 0 Å². The molecule has 0 radical (unpaired) electrons. The number of nitrogens with two attached hydrogens (primary N) is 1. The minimum absolute atomic E-state index is 0.116. The molecule has 3 unspecified atom stereocenters. The van der Waals surface area contributed by atoms with Gasteiger partial charge in [-0.1, -0.05) is 29.3 Å². The third kappa shape index (κ3) is 3.63. The second kappa shape index (κ2) is 5.87. The lowest BCUT2D eigenvalue weighted by Crippen LogP contribution is -2.41. The van der Waals surface area contributed by atoms with Crippen molar-refractivity contribution in [3.05, 3.63) is 33.8 Å². The summed E-state index contributed by atoms with van der Waals surface area (Å²) in [5.74, 6) is 0. The first-order valence-electron chi connectivity index (χ1n) is 5.38. The van der Waals surface area contributed by atoms with Gasteiger partial charge in [-0.05, 0) is 38.5 Å². The molecule has 0 bridgehead atoms. The molecule has 0 aliphatic rings. The molecule has 0 saturated heterocycles. The molecular weight excluding hydrogens is 243 g/mol. The molecule has 0 saturated carbocycles. The third-order valence-electron chi connectivity index (χ3n) is 2.75. The second-order valence-electron chi connectivity index (χ2n) is 4.21. The summed E-state index contributed by atoms with van der Waals surface area (Å²) in [6.45, 7) is 6.14. The van der Waals surface area contributed by atoms with Crippen LogP contribution < -0.4 is 11.1 Å². The summed E-state index contributed by atoms with van der Waals surface area (Å²) in [5.41, 5.74) is 6.92. The first-order chi connectivity index (χ1) is 7.41. The smallest absolute Gasteiger partial charge is 0.0595 e.